The molecule has 0 atom stereocenters. The summed E-state index contributed by atoms with van der Waals surface area (Å²) in [6.45, 7) is 4.61. The molecule has 0 aliphatic rings. The molecule has 0 spiro atoms. The molecule has 122 valence electrons. The lowest BCUT2D eigenvalue weighted by atomic mass is 10.2. The van der Waals surface area contributed by atoms with Gasteiger partial charge in [0.2, 0.25) is 5.95 Å². The molecule has 0 aliphatic heterocycles. The summed E-state index contributed by atoms with van der Waals surface area (Å²) in [6, 6.07) is 9.12. The summed E-state index contributed by atoms with van der Waals surface area (Å²) in [5.41, 5.74) is 4.01. The Morgan fingerprint density at radius 3 is 2.96 bits per heavy atom. The first-order valence-electron chi connectivity index (χ1n) is 7.78. The molecule has 2 rings (SSSR count). The number of hydrogen-bond acceptors (Lipinski definition) is 5. The first-order chi connectivity index (χ1) is 11.2. The van der Waals surface area contributed by atoms with E-state index in [-0.39, 0.29) is 5.56 Å². The second-order valence-electron chi connectivity index (χ2n) is 5.20. The molecule has 1 aromatic carbocycles. The van der Waals surface area contributed by atoms with Gasteiger partial charge in [-0.1, -0.05) is 31.9 Å². The second-order valence-corrected chi connectivity index (χ2v) is 5.20. The number of aromatic nitrogens is 2. The van der Waals surface area contributed by atoms with Crippen LogP contribution >= 0.6 is 0 Å². The van der Waals surface area contributed by atoms with Crippen LogP contribution in [0.1, 0.15) is 37.4 Å². The van der Waals surface area contributed by atoms with E-state index in [9.17, 15) is 4.79 Å². The monoisotopic (exact) mass is 314 g/mol. The van der Waals surface area contributed by atoms with E-state index in [0.29, 0.717) is 18.2 Å². The van der Waals surface area contributed by atoms with E-state index < -0.39 is 0 Å². The number of para-hydroxylation sites is 1. The molecule has 1 heterocycles. The van der Waals surface area contributed by atoms with Gasteiger partial charge in [0.25, 0.3) is 5.56 Å². The van der Waals surface area contributed by atoms with Crippen LogP contribution in [0.4, 0.5) is 5.95 Å². The lowest BCUT2D eigenvalue weighted by Gasteiger charge is -2.08. The van der Waals surface area contributed by atoms with Crippen molar-refractivity contribution in [3.05, 3.63) is 51.9 Å². The molecule has 0 saturated carbocycles. The normalized spacial score (nSPS) is 10.9. The SMILES string of the molecule is CCCCCOc1ccccc1/C=N/Nc1nc(C)cc(=O)[nH]1. The molecule has 0 radical (unpaired) electrons. The quantitative estimate of drug-likeness (QED) is 0.446. The predicted octanol–water partition coefficient (Wildman–Crippen LogP) is 3.09. The zero-order valence-electron chi connectivity index (χ0n) is 13.5. The molecule has 6 nitrogen and oxygen atoms in total. The third-order valence-electron chi connectivity index (χ3n) is 3.17. The number of nitrogens with one attached hydrogen (secondary N) is 2. The number of aryl methyl sites for hydroxylation is 1. The highest BCUT2D eigenvalue weighted by Crippen LogP contribution is 2.16. The van der Waals surface area contributed by atoms with Crippen LogP contribution < -0.4 is 15.7 Å². The highest BCUT2D eigenvalue weighted by molar-refractivity contribution is 5.83. The molecule has 0 saturated heterocycles. The van der Waals surface area contributed by atoms with Gasteiger partial charge in [0.15, 0.2) is 0 Å². The van der Waals surface area contributed by atoms with Gasteiger partial charge in [0.05, 0.1) is 12.8 Å². The van der Waals surface area contributed by atoms with Crippen LogP contribution in [0.5, 0.6) is 5.75 Å². The summed E-state index contributed by atoms with van der Waals surface area (Å²) in [4.78, 5) is 18.1. The van der Waals surface area contributed by atoms with Crippen LogP contribution in [0.15, 0.2) is 40.2 Å². The fourth-order valence-electron chi connectivity index (χ4n) is 2.05. The summed E-state index contributed by atoms with van der Waals surface area (Å²) in [6.07, 6.45) is 5.01. The minimum absolute atomic E-state index is 0.213. The van der Waals surface area contributed by atoms with Crippen molar-refractivity contribution in [2.45, 2.75) is 33.1 Å². The van der Waals surface area contributed by atoms with Crippen LogP contribution in [-0.2, 0) is 0 Å². The molecule has 23 heavy (non-hydrogen) atoms. The fourth-order valence-corrected chi connectivity index (χ4v) is 2.05. The summed E-state index contributed by atoms with van der Waals surface area (Å²) in [5.74, 6) is 1.10. The smallest absolute Gasteiger partial charge is 0.252 e. The van der Waals surface area contributed by atoms with Crippen LogP contribution in [0.3, 0.4) is 0 Å². The molecule has 0 aliphatic carbocycles. The van der Waals surface area contributed by atoms with Gasteiger partial charge < -0.3 is 4.74 Å². The maximum atomic E-state index is 11.4. The van der Waals surface area contributed by atoms with Crippen LogP contribution in [-0.4, -0.2) is 22.8 Å². The lowest BCUT2D eigenvalue weighted by molar-refractivity contribution is 0.306. The van der Waals surface area contributed by atoms with E-state index >= 15 is 0 Å². The Bertz CT molecular complexity index is 710. The number of unbranched alkanes of at least 4 members (excludes halogenated alkanes) is 2. The van der Waals surface area contributed by atoms with Crippen molar-refractivity contribution in [1.82, 2.24) is 9.97 Å². The molecule has 0 bridgehead atoms. The number of nitrogens with zero attached hydrogens (tertiary/aromatic N) is 2. The van der Waals surface area contributed by atoms with Crippen molar-refractivity contribution in [2.24, 2.45) is 5.10 Å². The highest BCUT2D eigenvalue weighted by Gasteiger charge is 2.01. The highest BCUT2D eigenvalue weighted by atomic mass is 16.5. The Hall–Kier alpha value is -2.63. The van der Waals surface area contributed by atoms with Crippen LogP contribution in [0.25, 0.3) is 0 Å². The topological polar surface area (TPSA) is 79.4 Å². The van der Waals surface area contributed by atoms with Crippen molar-refractivity contribution >= 4 is 12.2 Å². The van der Waals surface area contributed by atoms with E-state index in [1.54, 1.807) is 13.1 Å². The van der Waals surface area contributed by atoms with Gasteiger partial charge >= 0.3 is 0 Å². The Morgan fingerprint density at radius 2 is 2.17 bits per heavy atom. The fraction of sp³-hybridized carbons (Fsp3) is 0.353. The predicted molar refractivity (Wildman–Crippen MR) is 92.3 cm³/mol. The Balaban J connectivity index is 2.00. The van der Waals surface area contributed by atoms with Gasteiger partial charge in [-0.25, -0.2) is 10.4 Å². The largest absolute Gasteiger partial charge is 0.493 e. The average Bonchev–Trinajstić information content (AvgIpc) is 2.52. The molecule has 0 unspecified atom stereocenters. The molecule has 0 fully saturated rings. The maximum absolute atomic E-state index is 11.4. The van der Waals surface area contributed by atoms with Gasteiger partial charge in [-0.05, 0) is 25.5 Å². The lowest BCUT2D eigenvalue weighted by Crippen LogP contribution is -2.10. The number of H-pyrrole nitrogens is 1. The van der Waals surface area contributed by atoms with Crippen molar-refractivity contribution in [1.29, 1.82) is 0 Å². The van der Waals surface area contributed by atoms with Crippen LogP contribution in [0.2, 0.25) is 0 Å². The van der Waals surface area contributed by atoms with E-state index in [2.05, 4.69) is 27.4 Å². The first kappa shape index (κ1) is 16.7. The number of anilines is 1. The minimum atomic E-state index is -0.213. The van der Waals surface area contributed by atoms with Gasteiger partial charge in [0, 0.05) is 17.3 Å². The Kier molecular flexibility index (Phi) is 6.35. The van der Waals surface area contributed by atoms with Gasteiger partial charge in [0.1, 0.15) is 5.75 Å². The molecule has 0 amide bonds. The van der Waals surface area contributed by atoms with Crippen molar-refractivity contribution < 1.29 is 4.74 Å². The van der Waals surface area contributed by atoms with Crippen molar-refractivity contribution in [3.63, 3.8) is 0 Å². The molecule has 6 heteroatoms. The van der Waals surface area contributed by atoms with Crippen LogP contribution in [0, 0.1) is 6.92 Å². The van der Waals surface area contributed by atoms with E-state index in [4.69, 9.17) is 4.74 Å². The Labute approximate surface area is 135 Å². The van der Waals surface area contributed by atoms with Gasteiger partial charge in [-0.2, -0.15) is 5.10 Å². The summed E-state index contributed by atoms with van der Waals surface area (Å²) in [5, 5.41) is 4.11. The Morgan fingerprint density at radius 1 is 1.35 bits per heavy atom. The summed E-state index contributed by atoms with van der Waals surface area (Å²) in [7, 11) is 0. The number of ether oxygens (including phenoxy) is 1. The number of rotatable bonds is 8. The van der Waals surface area contributed by atoms with Gasteiger partial charge in [-0.3, -0.25) is 9.78 Å². The standard InChI is InChI=1S/C17H22N4O2/c1-3-4-7-10-23-15-9-6-5-8-14(15)12-18-21-17-19-13(2)11-16(22)20-17/h5-6,8-9,11-12H,3-4,7,10H2,1-2H3,(H2,19,20,21,22)/b18-12+. The molecule has 2 aromatic rings. The number of hydrazone groups is 1. The second kappa shape index (κ2) is 8.73. The zero-order chi connectivity index (χ0) is 16.5. The van der Waals surface area contributed by atoms with Gasteiger partial charge in [-0.15, -0.1) is 0 Å². The summed E-state index contributed by atoms with van der Waals surface area (Å²) >= 11 is 0. The zero-order valence-corrected chi connectivity index (χ0v) is 13.5. The number of aromatic amines is 1. The number of hydrogen-bond donors (Lipinski definition) is 2. The number of benzene rings is 1. The third kappa shape index (κ3) is 5.58. The molecular formula is C17H22N4O2. The minimum Gasteiger partial charge on any atom is -0.493 e. The summed E-state index contributed by atoms with van der Waals surface area (Å²) < 4.78 is 5.79. The third-order valence-corrected chi connectivity index (χ3v) is 3.17. The average molecular weight is 314 g/mol. The van der Waals surface area contributed by atoms with E-state index in [1.807, 2.05) is 24.3 Å². The first-order valence-corrected chi connectivity index (χ1v) is 7.78. The van der Waals surface area contributed by atoms with Crippen molar-refractivity contribution in [2.75, 3.05) is 12.0 Å². The van der Waals surface area contributed by atoms with E-state index in [0.717, 1.165) is 30.6 Å². The molecular weight excluding hydrogens is 292 g/mol. The maximum Gasteiger partial charge on any atom is 0.252 e. The molecule has 1 aromatic heterocycles. The molecule has 2 N–H and O–H groups in total. The van der Waals surface area contributed by atoms with E-state index in [1.165, 1.54) is 6.07 Å². The van der Waals surface area contributed by atoms with Crippen molar-refractivity contribution in [3.8, 4) is 5.75 Å².